The fourth-order valence-corrected chi connectivity index (χ4v) is 5.33. The van der Waals surface area contributed by atoms with E-state index in [1.54, 1.807) is 24.3 Å². The maximum atomic E-state index is 13.6. The number of esters is 1. The van der Waals surface area contributed by atoms with Crippen molar-refractivity contribution >= 4 is 11.5 Å². The van der Waals surface area contributed by atoms with Gasteiger partial charge in [-0.05, 0) is 82.8 Å². The highest BCUT2D eigenvalue weighted by atomic mass is 19.4. The smallest absolute Gasteiger partial charge is 0.453 e. The van der Waals surface area contributed by atoms with E-state index >= 15 is 0 Å². The molecular formula is C25H22F4N4O3. The molecule has 1 aliphatic carbocycles. The normalized spacial score (nSPS) is 23.8. The third kappa shape index (κ3) is 4.06. The standard InChI is InChI=1S/C25H22F4N4O3/c1-14-3-8-18(33-23(25(27,28)29)30-31-32-33)11-20(14)16-12-24(36-13-16)10-9-19(22(34)35-2)21(24)15-4-6-17(26)7-5-15/h3-8,11-12,19,21H,9-10,13H2,1-2H3/t19-,21+,24+/m0/s1. The quantitative estimate of drug-likeness (QED) is 0.382. The Balaban J connectivity index is 1.56. The zero-order valence-corrected chi connectivity index (χ0v) is 19.4. The van der Waals surface area contributed by atoms with Crippen molar-refractivity contribution in [2.24, 2.45) is 5.92 Å². The van der Waals surface area contributed by atoms with Crippen molar-refractivity contribution in [3.8, 4) is 5.69 Å². The van der Waals surface area contributed by atoms with Gasteiger partial charge in [0.2, 0.25) is 0 Å². The molecule has 2 aromatic carbocycles. The molecule has 2 aliphatic rings. The number of methoxy groups -OCH3 is 1. The molecule has 7 nitrogen and oxygen atoms in total. The summed E-state index contributed by atoms with van der Waals surface area (Å²) in [5.74, 6) is -2.89. The van der Waals surface area contributed by atoms with Crippen molar-refractivity contribution in [3.05, 3.63) is 76.9 Å². The number of ether oxygens (including phenoxy) is 2. The molecule has 0 radical (unpaired) electrons. The summed E-state index contributed by atoms with van der Waals surface area (Å²) >= 11 is 0. The van der Waals surface area contributed by atoms with Crippen LogP contribution in [0.4, 0.5) is 17.6 Å². The minimum absolute atomic E-state index is 0.156. The Morgan fingerprint density at radius 3 is 2.64 bits per heavy atom. The third-order valence-electron chi connectivity index (χ3n) is 6.96. The van der Waals surface area contributed by atoms with E-state index in [1.807, 2.05) is 13.0 Å². The van der Waals surface area contributed by atoms with Crippen molar-refractivity contribution in [3.63, 3.8) is 0 Å². The van der Waals surface area contributed by atoms with Crippen LogP contribution in [0.15, 0.2) is 48.5 Å². The van der Waals surface area contributed by atoms with Gasteiger partial charge in [-0.2, -0.15) is 17.9 Å². The number of alkyl halides is 3. The van der Waals surface area contributed by atoms with Crippen LogP contribution in [0.2, 0.25) is 0 Å². The summed E-state index contributed by atoms with van der Waals surface area (Å²) in [5, 5.41) is 9.83. The predicted octanol–water partition coefficient (Wildman–Crippen LogP) is 4.65. The average molecular weight is 502 g/mol. The van der Waals surface area contributed by atoms with Crippen molar-refractivity contribution in [2.75, 3.05) is 13.7 Å². The second-order valence-corrected chi connectivity index (χ2v) is 9.02. The lowest BCUT2D eigenvalue weighted by molar-refractivity contribution is -0.147. The van der Waals surface area contributed by atoms with E-state index in [2.05, 4.69) is 15.5 Å². The average Bonchev–Trinajstić information content (AvgIpc) is 3.59. The van der Waals surface area contributed by atoms with Crippen LogP contribution in [-0.4, -0.2) is 45.5 Å². The van der Waals surface area contributed by atoms with Gasteiger partial charge in [-0.25, -0.2) is 4.39 Å². The van der Waals surface area contributed by atoms with E-state index in [9.17, 15) is 22.4 Å². The molecule has 1 spiro atoms. The Hall–Kier alpha value is -3.60. The van der Waals surface area contributed by atoms with E-state index in [0.717, 1.165) is 16.7 Å². The van der Waals surface area contributed by atoms with Gasteiger partial charge in [-0.3, -0.25) is 4.79 Å². The van der Waals surface area contributed by atoms with Crippen LogP contribution in [0.25, 0.3) is 11.3 Å². The molecule has 1 saturated carbocycles. The van der Waals surface area contributed by atoms with Crippen molar-refractivity contribution in [2.45, 2.75) is 37.5 Å². The highest BCUT2D eigenvalue weighted by molar-refractivity contribution is 5.77. The van der Waals surface area contributed by atoms with Gasteiger partial charge in [0, 0.05) is 5.92 Å². The number of aryl methyl sites for hydroxylation is 1. The molecule has 2 heterocycles. The molecular weight excluding hydrogens is 480 g/mol. The Morgan fingerprint density at radius 1 is 1.19 bits per heavy atom. The lowest BCUT2D eigenvalue weighted by Crippen LogP contribution is -2.34. The number of tetrazole rings is 1. The molecule has 1 aliphatic heterocycles. The van der Waals surface area contributed by atoms with Crippen LogP contribution in [0.1, 0.15) is 41.3 Å². The minimum Gasteiger partial charge on any atom is -0.469 e. The predicted molar refractivity (Wildman–Crippen MR) is 119 cm³/mol. The molecule has 36 heavy (non-hydrogen) atoms. The van der Waals surface area contributed by atoms with Gasteiger partial charge >= 0.3 is 12.1 Å². The number of hydrogen-bond donors (Lipinski definition) is 0. The molecule has 0 N–H and O–H groups in total. The summed E-state index contributed by atoms with van der Waals surface area (Å²) in [6, 6.07) is 10.8. The molecule has 5 rings (SSSR count). The summed E-state index contributed by atoms with van der Waals surface area (Å²) in [7, 11) is 1.33. The number of carbonyl (C=O) groups is 1. The Labute approximate surface area is 203 Å². The van der Waals surface area contributed by atoms with Crippen molar-refractivity contribution in [1.29, 1.82) is 0 Å². The number of benzene rings is 2. The topological polar surface area (TPSA) is 79.1 Å². The number of halogens is 4. The molecule has 188 valence electrons. The van der Waals surface area contributed by atoms with Crippen LogP contribution in [0, 0.1) is 18.7 Å². The zero-order chi connectivity index (χ0) is 25.7. The highest BCUT2D eigenvalue weighted by Gasteiger charge is 2.54. The highest BCUT2D eigenvalue weighted by Crippen LogP contribution is 2.54. The minimum atomic E-state index is -4.72. The number of rotatable bonds is 4. The van der Waals surface area contributed by atoms with Gasteiger partial charge < -0.3 is 9.47 Å². The molecule has 0 saturated heterocycles. The molecule has 11 heteroatoms. The van der Waals surface area contributed by atoms with Crippen LogP contribution in [-0.2, 0) is 20.4 Å². The maximum absolute atomic E-state index is 13.6. The van der Waals surface area contributed by atoms with Crippen LogP contribution < -0.4 is 0 Å². The van der Waals surface area contributed by atoms with Crippen LogP contribution in [0.5, 0.6) is 0 Å². The maximum Gasteiger partial charge on any atom is 0.453 e. The number of aromatic nitrogens is 4. The lowest BCUT2D eigenvalue weighted by Gasteiger charge is -2.31. The van der Waals surface area contributed by atoms with E-state index in [4.69, 9.17) is 9.47 Å². The first-order valence-corrected chi connectivity index (χ1v) is 11.3. The van der Waals surface area contributed by atoms with Crippen LogP contribution in [0.3, 0.4) is 0 Å². The van der Waals surface area contributed by atoms with E-state index in [-0.39, 0.29) is 18.3 Å². The summed E-state index contributed by atoms with van der Waals surface area (Å²) in [6.07, 6.45) is -1.73. The number of nitrogens with zero attached hydrogens (tertiary/aromatic N) is 4. The van der Waals surface area contributed by atoms with Gasteiger partial charge in [0.05, 0.1) is 30.9 Å². The number of carbonyl (C=O) groups excluding carboxylic acids is 1. The Kier molecular flexibility index (Phi) is 5.90. The summed E-state index contributed by atoms with van der Waals surface area (Å²) in [5.41, 5.74) is 2.34. The lowest BCUT2D eigenvalue weighted by atomic mass is 9.79. The van der Waals surface area contributed by atoms with E-state index < -0.39 is 35.3 Å². The van der Waals surface area contributed by atoms with Crippen LogP contribution >= 0.6 is 0 Å². The summed E-state index contributed by atoms with van der Waals surface area (Å²) in [6.45, 7) is 2.04. The molecule has 0 unspecified atom stereocenters. The summed E-state index contributed by atoms with van der Waals surface area (Å²) in [4.78, 5) is 12.6. The zero-order valence-electron chi connectivity index (χ0n) is 19.4. The third-order valence-corrected chi connectivity index (χ3v) is 6.96. The van der Waals surface area contributed by atoms with Crippen molar-refractivity contribution in [1.82, 2.24) is 20.2 Å². The van der Waals surface area contributed by atoms with Gasteiger partial charge in [0.25, 0.3) is 5.82 Å². The van der Waals surface area contributed by atoms with Gasteiger partial charge in [-0.1, -0.05) is 18.2 Å². The fraction of sp³-hybridized carbons (Fsp3) is 0.360. The van der Waals surface area contributed by atoms with E-state index in [0.29, 0.717) is 23.1 Å². The summed E-state index contributed by atoms with van der Waals surface area (Å²) < 4.78 is 65.7. The number of hydrogen-bond acceptors (Lipinski definition) is 6. The van der Waals surface area contributed by atoms with Crippen molar-refractivity contribution < 1.29 is 31.8 Å². The largest absolute Gasteiger partial charge is 0.469 e. The second kappa shape index (κ2) is 8.81. The molecule has 1 fully saturated rings. The van der Waals surface area contributed by atoms with Gasteiger partial charge in [0.15, 0.2) is 0 Å². The monoisotopic (exact) mass is 502 g/mol. The molecule has 0 bridgehead atoms. The van der Waals surface area contributed by atoms with Gasteiger partial charge in [-0.15, -0.1) is 5.10 Å². The Morgan fingerprint density at radius 2 is 1.94 bits per heavy atom. The fourth-order valence-electron chi connectivity index (χ4n) is 5.33. The molecule has 3 atom stereocenters. The Bertz CT molecular complexity index is 1340. The molecule has 1 aromatic heterocycles. The SMILES string of the molecule is COC(=O)[C@H]1CC[C@@]2(C=C(c3cc(-n4nnnc4C(F)(F)F)ccc3C)CO2)[C@@H]1c1ccc(F)cc1. The first-order valence-electron chi connectivity index (χ1n) is 11.3. The first kappa shape index (κ1) is 24.1. The van der Waals surface area contributed by atoms with E-state index in [1.165, 1.54) is 25.3 Å². The second-order valence-electron chi connectivity index (χ2n) is 9.02. The molecule has 0 amide bonds. The molecule has 3 aromatic rings. The first-order chi connectivity index (χ1) is 17.1. The van der Waals surface area contributed by atoms with Gasteiger partial charge in [0.1, 0.15) is 5.82 Å².